The second-order valence-corrected chi connectivity index (χ2v) is 9.01. The molecule has 3 aliphatic rings. The molecule has 1 fully saturated rings. The Morgan fingerprint density at radius 3 is 2.42 bits per heavy atom. The number of rotatable bonds is 3. The van der Waals surface area contributed by atoms with Gasteiger partial charge in [-0.05, 0) is 53.9 Å². The first-order valence-corrected chi connectivity index (χ1v) is 10.9. The van der Waals surface area contributed by atoms with E-state index in [4.69, 9.17) is 5.73 Å². The Kier molecular flexibility index (Phi) is 4.85. The summed E-state index contributed by atoms with van der Waals surface area (Å²) in [6, 6.07) is 13.1. The molecule has 0 bridgehead atoms. The number of Topliss-reactive ketones (excluding diaryl/α,β-unsaturated/α-hetero) is 2. The van der Waals surface area contributed by atoms with Crippen molar-refractivity contribution in [1.82, 2.24) is 0 Å². The molecule has 5 rings (SSSR count). The van der Waals surface area contributed by atoms with Crippen molar-refractivity contribution < 1.29 is 29.7 Å². The zero-order valence-corrected chi connectivity index (χ0v) is 17.7. The number of aliphatic hydroxyl groups excluding tert-OH is 2. The van der Waals surface area contributed by atoms with Crippen LogP contribution in [-0.2, 0) is 27.2 Å². The molecule has 0 aromatic heterocycles. The van der Waals surface area contributed by atoms with Gasteiger partial charge in [-0.2, -0.15) is 0 Å². The van der Waals surface area contributed by atoms with Gasteiger partial charge in [0, 0.05) is 12.0 Å². The van der Waals surface area contributed by atoms with Gasteiger partial charge in [-0.15, -0.1) is 0 Å². The second kappa shape index (κ2) is 7.62. The number of aliphatic hydroxyl groups is 2. The van der Waals surface area contributed by atoms with Crippen LogP contribution in [0.15, 0.2) is 59.4 Å². The quantitative estimate of drug-likeness (QED) is 0.536. The normalized spacial score (nSPS) is 24.3. The van der Waals surface area contributed by atoms with Crippen molar-refractivity contribution in [3.8, 4) is 5.75 Å². The Morgan fingerprint density at radius 1 is 1.00 bits per heavy atom. The molecule has 0 radical (unpaired) electrons. The van der Waals surface area contributed by atoms with E-state index in [-0.39, 0.29) is 35.0 Å². The molecule has 33 heavy (non-hydrogen) atoms. The monoisotopic (exact) mass is 445 g/mol. The first-order chi connectivity index (χ1) is 15.8. The van der Waals surface area contributed by atoms with E-state index in [1.165, 1.54) is 6.07 Å². The maximum Gasteiger partial charge on any atom is 0.255 e. The maximum atomic E-state index is 13.4. The topological polar surface area (TPSA) is 138 Å². The van der Waals surface area contributed by atoms with Crippen molar-refractivity contribution in [3.05, 3.63) is 81.6 Å². The fraction of sp³-hybridized carbons (Fsp3) is 0.269. The summed E-state index contributed by atoms with van der Waals surface area (Å²) in [5, 5.41) is 32.3. The summed E-state index contributed by atoms with van der Waals surface area (Å²) < 4.78 is 0. The highest BCUT2D eigenvalue weighted by atomic mass is 16.3. The van der Waals surface area contributed by atoms with Crippen molar-refractivity contribution in [2.45, 2.75) is 25.7 Å². The van der Waals surface area contributed by atoms with Crippen molar-refractivity contribution in [1.29, 1.82) is 0 Å². The van der Waals surface area contributed by atoms with Crippen molar-refractivity contribution in [3.63, 3.8) is 0 Å². The predicted molar refractivity (Wildman–Crippen MR) is 119 cm³/mol. The van der Waals surface area contributed by atoms with Gasteiger partial charge in [0.05, 0.1) is 11.5 Å². The Balaban J connectivity index is 1.61. The molecular weight excluding hydrogens is 422 g/mol. The van der Waals surface area contributed by atoms with Crippen molar-refractivity contribution in [2.24, 2.45) is 23.5 Å². The molecule has 3 unspecified atom stereocenters. The molecule has 0 saturated heterocycles. The van der Waals surface area contributed by atoms with Crippen LogP contribution in [0.3, 0.4) is 0 Å². The van der Waals surface area contributed by atoms with Crippen LogP contribution < -0.4 is 5.73 Å². The summed E-state index contributed by atoms with van der Waals surface area (Å²) in [7, 11) is 0. The molecule has 1 saturated carbocycles. The number of amides is 1. The molecule has 3 aliphatic carbocycles. The minimum absolute atomic E-state index is 0.0624. The van der Waals surface area contributed by atoms with Crippen LogP contribution in [0.2, 0.25) is 0 Å². The lowest BCUT2D eigenvalue weighted by Gasteiger charge is -2.41. The zero-order chi connectivity index (χ0) is 23.4. The average molecular weight is 445 g/mol. The number of benzene rings is 2. The van der Waals surface area contributed by atoms with Crippen LogP contribution in [-0.4, -0.2) is 32.8 Å². The lowest BCUT2D eigenvalue weighted by molar-refractivity contribution is -0.127. The van der Waals surface area contributed by atoms with Gasteiger partial charge in [0.1, 0.15) is 22.8 Å². The molecule has 168 valence electrons. The van der Waals surface area contributed by atoms with Gasteiger partial charge in [-0.25, -0.2) is 0 Å². The number of carbonyl (C=O) groups excluding carboxylic acids is 3. The number of ketones is 2. The zero-order valence-electron chi connectivity index (χ0n) is 17.7. The van der Waals surface area contributed by atoms with Crippen LogP contribution in [0.1, 0.15) is 35.1 Å². The van der Waals surface area contributed by atoms with E-state index < -0.39 is 40.6 Å². The Bertz CT molecular complexity index is 1270. The molecule has 2 aromatic carbocycles. The van der Waals surface area contributed by atoms with Gasteiger partial charge < -0.3 is 21.1 Å². The largest absolute Gasteiger partial charge is 0.511 e. The van der Waals surface area contributed by atoms with Gasteiger partial charge in [0.25, 0.3) is 5.91 Å². The maximum absolute atomic E-state index is 13.4. The smallest absolute Gasteiger partial charge is 0.255 e. The summed E-state index contributed by atoms with van der Waals surface area (Å²) in [4.78, 5) is 37.5. The van der Waals surface area contributed by atoms with Gasteiger partial charge in [-0.3, -0.25) is 14.4 Å². The third-order valence-corrected chi connectivity index (χ3v) is 7.11. The number of hydrogen-bond acceptors (Lipinski definition) is 6. The number of fused-ring (bicyclic) bond motifs is 3. The number of phenolic OH excluding ortho intramolecular Hbond substituents is 1. The second-order valence-electron chi connectivity index (χ2n) is 9.01. The molecular formula is C26H23NO6. The molecule has 0 heterocycles. The molecule has 0 aliphatic heterocycles. The standard InChI is InChI=1S/C26H23NO6/c27-26(33)22-18(29)11-15-9-14-10-16-13(8-12-4-2-1-3-5-12)6-7-17(28)21(16)24(31)19(14)23(30)20(15)25(22)32/h1-7,14-15,20,28,31-32H,8-11H2,(H2,27,33). The van der Waals surface area contributed by atoms with Crippen LogP contribution >= 0.6 is 0 Å². The van der Waals surface area contributed by atoms with E-state index in [0.717, 1.165) is 16.7 Å². The SMILES string of the molecule is NC(=O)C1=C(O)C2C(=O)C3=C(O)c4c(O)ccc(Cc5ccccc5)c4CC3CC2CC1=O. The molecule has 5 N–H and O–H groups in total. The molecule has 3 atom stereocenters. The van der Waals surface area contributed by atoms with E-state index in [1.807, 2.05) is 36.4 Å². The van der Waals surface area contributed by atoms with E-state index >= 15 is 0 Å². The Labute approximate surface area is 189 Å². The molecule has 7 nitrogen and oxygen atoms in total. The van der Waals surface area contributed by atoms with Crippen LogP contribution in [0.25, 0.3) is 5.76 Å². The summed E-state index contributed by atoms with van der Waals surface area (Å²) in [5.41, 5.74) is 7.86. The van der Waals surface area contributed by atoms with Crippen LogP contribution in [0, 0.1) is 17.8 Å². The fourth-order valence-electron chi connectivity index (χ4n) is 5.69. The summed E-state index contributed by atoms with van der Waals surface area (Å²) in [6.07, 6.45) is 1.34. The van der Waals surface area contributed by atoms with Gasteiger partial charge in [0.15, 0.2) is 11.6 Å². The Morgan fingerprint density at radius 2 is 1.73 bits per heavy atom. The van der Waals surface area contributed by atoms with E-state index in [1.54, 1.807) is 0 Å². The summed E-state index contributed by atoms with van der Waals surface area (Å²) in [6.45, 7) is 0. The van der Waals surface area contributed by atoms with Crippen molar-refractivity contribution in [2.75, 3.05) is 0 Å². The first-order valence-electron chi connectivity index (χ1n) is 10.9. The average Bonchev–Trinajstić information content (AvgIpc) is 2.75. The number of primary amides is 1. The highest BCUT2D eigenvalue weighted by Crippen LogP contribution is 2.50. The number of allylic oxidation sites excluding steroid dienone is 2. The number of hydrogen-bond donors (Lipinski definition) is 4. The number of phenols is 1. The van der Waals surface area contributed by atoms with E-state index in [0.29, 0.717) is 19.3 Å². The van der Waals surface area contributed by atoms with Crippen LogP contribution in [0.5, 0.6) is 5.75 Å². The lowest BCUT2D eigenvalue weighted by atomic mass is 9.61. The first kappa shape index (κ1) is 21.0. The molecule has 2 aromatic rings. The highest BCUT2D eigenvalue weighted by Gasteiger charge is 2.50. The van der Waals surface area contributed by atoms with Gasteiger partial charge >= 0.3 is 0 Å². The minimum atomic E-state index is -1.10. The van der Waals surface area contributed by atoms with Crippen molar-refractivity contribution >= 4 is 23.2 Å². The Hall–Kier alpha value is -3.87. The third kappa shape index (κ3) is 3.23. The van der Waals surface area contributed by atoms with Crippen LogP contribution in [0.4, 0.5) is 0 Å². The molecule has 7 heteroatoms. The minimum Gasteiger partial charge on any atom is -0.511 e. The predicted octanol–water partition coefficient (Wildman–Crippen LogP) is 2.90. The lowest BCUT2D eigenvalue weighted by Crippen LogP contribution is -2.44. The summed E-state index contributed by atoms with van der Waals surface area (Å²) in [5.74, 6) is -5.15. The summed E-state index contributed by atoms with van der Waals surface area (Å²) >= 11 is 0. The molecule has 0 spiro atoms. The van der Waals surface area contributed by atoms with E-state index in [2.05, 4.69) is 0 Å². The third-order valence-electron chi connectivity index (χ3n) is 7.11. The van der Waals surface area contributed by atoms with Gasteiger partial charge in [-0.1, -0.05) is 36.4 Å². The highest BCUT2D eigenvalue weighted by molar-refractivity contribution is 6.21. The number of aromatic hydroxyl groups is 1. The number of nitrogens with two attached hydrogens (primary N) is 1. The van der Waals surface area contributed by atoms with E-state index in [9.17, 15) is 29.7 Å². The number of carbonyl (C=O) groups is 3. The van der Waals surface area contributed by atoms with Gasteiger partial charge in [0.2, 0.25) is 0 Å². The fourth-order valence-corrected chi connectivity index (χ4v) is 5.69. The molecule has 1 amide bonds.